The van der Waals surface area contributed by atoms with Crippen molar-refractivity contribution < 1.29 is 0 Å². The summed E-state index contributed by atoms with van der Waals surface area (Å²) in [6, 6.07) is 0. The first-order chi connectivity index (χ1) is 4.79. The monoisotopic (exact) mass is 253 g/mol. The zero-order chi connectivity index (χ0) is 7.56. The lowest BCUT2D eigenvalue weighted by Crippen LogP contribution is -2.06. The van der Waals surface area contributed by atoms with Gasteiger partial charge in [-0.25, -0.2) is 0 Å². The van der Waals surface area contributed by atoms with E-state index in [1.807, 2.05) is 0 Å². The van der Waals surface area contributed by atoms with E-state index in [1.165, 1.54) is 19.4 Å². The van der Waals surface area contributed by atoms with Gasteiger partial charge in [0, 0.05) is 29.4 Å². The van der Waals surface area contributed by atoms with E-state index >= 15 is 0 Å². The molecule has 2 heteroatoms. The topological polar surface area (TPSA) is 12.0 Å². The third-order valence-electron chi connectivity index (χ3n) is 2.69. The molecule has 0 spiro atoms. The summed E-state index contributed by atoms with van der Waals surface area (Å²) in [5, 5.41) is 0. The molecule has 1 rings (SSSR count). The molecular formula is C8H16IN. The SMILES string of the molecule is CCC(C)C1C[C@@H]1CNI. The second-order valence-corrected chi connectivity index (χ2v) is 4.15. The lowest BCUT2D eigenvalue weighted by molar-refractivity contribution is 0.461. The van der Waals surface area contributed by atoms with Crippen molar-refractivity contribution in [2.24, 2.45) is 17.8 Å². The van der Waals surface area contributed by atoms with E-state index in [1.54, 1.807) is 0 Å². The highest BCUT2D eigenvalue weighted by molar-refractivity contribution is 14.1. The van der Waals surface area contributed by atoms with Crippen LogP contribution in [0.1, 0.15) is 26.7 Å². The lowest BCUT2D eigenvalue weighted by atomic mass is 10.0. The van der Waals surface area contributed by atoms with Gasteiger partial charge < -0.3 is 0 Å². The van der Waals surface area contributed by atoms with Crippen LogP contribution in [0, 0.1) is 17.8 Å². The molecule has 1 N–H and O–H groups in total. The summed E-state index contributed by atoms with van der Waals surface area (Å²) in [6.07, 6.45) is 2.81. The molecule has 0 radical (unpaired) electrons. The molecule has 0 aromatic carbocycles. The van der Waals surface area contributed by atoms with Gasteiger partial charge in [0.05, 0.1) is 0 Å². The maximum absolute atomic E-state index is 3.21. The van der Waals surface area contributed by atoms with Gasteiger partial charge in [-0.2, -0.15) is 0 Å². The summed E-state index contributed by atoms with van der Waals surface area (Å²) in [6.45, 7) is 5.88. The van der Waals surface area contributed by atoms with E-state index in [0.717, 1.165) is 17.8 Å². The number of nitrogens with one attached hydrogen (secondary N) is 1. The summed E-state index contributed by atoms with van der Waals surface area (Å²) in [7, 11) is 0. The van der Waals surface area contributed by atoms with Gasteiger partial charge in [0.25, 0.3) is 0 Å². The fraction of sp³-hybridized carbons (Fsp3) is 1.00. The van der Waals surface area contributed by atoms with Crippen LogP contribution >= 0.6 is 22.9 Å². The van der Waals surface area contributed by atoms with E-state index in [-0.39, 0.29) is 0 Å². The summed E-state index contributed by atoms with van der Waals surface area (Å²) >= 11 is 2.24. The van der Waals surface area contributed by atoms with Crippen molar-refractivity contribution in [3.63, 3.8) is 0 Å². The zero-order valence-electron chi connectivity index (χ0n) is 6.73. The van der Waals surface area contributed by atoms with E-state index in [4.69, 9.17) is 0 Å². The minimum absolute atomic E-state index is 0.953. The third-order valence-corrected chi connectivity index (χ3v) is 3.13. The minimum Gasteiger partial charge on any atom is -0.261 e. The van der Waals surface area contributed by atoms with Gasteiger partial charge in [0.15, 0.2) is 0 Å². The molecule has 1 aliphatic rings. The first-order valence-electron chi connectivity index (χ1n) is 4.13. The fourth-order valence-corrected chi connectivity index (χ4v) is 2.17. The molecule has 0 saturated heterocycles. The standard InChI is InChI=1S/C8H16IN/c1-3-6(2)8-4-7(8)5-10-9/h6-8,10H,3-5H2,1-2H3/t6?,7-,8?/m1/s1. The highest BCUT2D eigenvalue weighted by atomic mass is 127. The van der Waals surface area contributed by atoms with E-state index in [0.29, 0.717) is 0 Å². The van der Waals surface area contributed by atoms with Crippen molar-refractivity contribution in [2.75, 3.05) is 6.54 Å². The number of hydrogen-bond donors (Lipinski definition) is 1. The fourth-order valence-electron chi connectivity index (χ4n) is 1.60. The van der Waals surface area contributed by atoms with Gasteiger partial charge in [0.2, 0.25) is 0 Å². The number of halogens is 1. The minimum atomic E-state index is 0.953. The number of rotatable bonds is 4. The van der Waals surface area contributed by atoms with Crippen molar-refractivity contribution in [2.45, 2.75) is 26.7 Å². The molecule has 0 aromatic rings. The van der Waals surface area contributed by atoms with Crippen LogP contribution in [-0.2, 0) is 0 Å². The Labute approximate surface area is 77.5 Å². The molecule has 0 aromatic heterocycles. The molecular weight excluding hydrogens is 237 g/mol. The lowest BCUT2D eigenvalue weighted by Gasteiger charge is -2.05. The second-order valence-electron chi connectivity index (χ2n) is 3.38. The average Bonchev–Trinajstić information content (AvgIpc) is 2.67. The Morgan fingerprint density at radius 2 is 2.40 bits per heavy atom. The second kappa shape index (κ2) is 3.90. The van der Waals surface area contributed by atoms with Crippen LogP contribution in [0.25, 0.3) is 0 Å². The van der Waals surface area contributed by atoms with Crippen LogP contribution in [0.2, 0.25) is 0 Å². The summed E-state index contributed by atoms with van der Waals surface area (Å²) in [5.41, 5.74) is 0. The van der Waals surface area contributed by atoms with Gasteiger partial charge in [-0.15, -0.1) is 0 Å². The van der Waals surface area contributed by atoms with Crippen molar-refractivity contribution >= 4 is 22.9 Å². The molecule has 2 unspecified atom stereocenters. The van der Waals surface area contributed by atoms with Crippen LogP contribution in [0.15, 0.2) is 0 Å². The Hall–Kier alpha value is 0.690. The third kappa shape index (κ3) is 2.09. The molecule has 1 saturated carbocycles. The smallest absolute Gasteiger partial charge is 0.0169 e. The number of hydrogen-bond acceptors (Lipinski definition) is 1. The van der Waals surface area contributed by atoms with Crippen LogP contribution in [-0.4, -0.2) is 6.54 Å². The predicted molar refractivity (Wildman–Crippen MR) is 53.1 cm³/mol. The maximum atomic E-state index is 3.21. The molecule has 0 bridgehead atoms. The van der Waals surface area contributed by atoms with Gasteiger partial charge in [-0.1, -0.05) is 20.3 Å². The molecule has 0 heterocycles. The highest BCUT2D eigenvalue weighted by Gasteiger charge is 2.39. The van der Waals surface area contributed by atoms with Crippen molar-refractivity contribution in [3.05, 3.63) is 0 Å². The molecule has 0 aliphatic heterocycles. The van der Waals surface area contributed by atoms with Gasteiger partial charge in [-0.3, -0.25) is 3.53 Å². The van der Waals surface area contributed by atoms with E-state index in [9.17, 15) is 0 Å². The molecule has 3 atom stereocenters. The Kier molecular flexibility index (Phi) is 3.43. The van der Waals surface area contributed by atoms with Crippen LogP contribution in [0.4, 0.5) is 0 Å². The molecule has 10 heavy (non-hydrogen) atoms. The first kappa shape index (κ1) is 8.78. The van der Waals surface area contributed by atoms with E-state index < -0.39 is 0 Å². The normalized spacial score (nSPS) is 33.9. The van der Waals surface area contributed by atoms with Gasteiger partial charge >= 0.3 is 0 Å². The highest BCUT2D eigenvalue weighted by Crippen LogP contribution is 2.44. The Morgan fingerprint density at radius 1 is 1.70 bits per heavy atom. The molecule has 1 aliphatic carbocycles. The maximum Gasteiger partial charge on any atom is 0.0169 e. The Bertz CT molecular complexity index is 105. The van der Waals surface area contributed by atoms with Crippen molar-refractivity contribution in [1.82, 2.24) is 3.53 Å². The Morgan fingerprint density at radius 3 is 2.90 bits per heavy atom. The molecule has 1 fully saturated rings. The average molecular weight is 253 g/mol. The van der Waals surface area contributed by atoms with Crippen molar-refractivity contribution in [3.8, 4) is 0 Å². The summed E-state index contributed by atoms with van der Waals surface area (Å²) < 4.78 is 3.21. The summed E-state index contributed by atoms with van der Waals surface area (Å²) in [4.78, 5) is 0. The molecule has 1 nitrogen and oxygen atoms in total. The van der Waals surface area contributed by atoms with Gasteiger partial charge in [0.1, 0.15) is 0 Å². The molecule has 60 valence electrons. The molecule has 0 amide bonds. The van der Waals surface area contributed by atoms with Crippen molar-refractivity contribution in [1.29, 1.82) is 0 Å². The first-order valence-corrected chi connectivity index (χ1v) is 5.21. The predicted octanol–water partition coefficient (Wildman–Crippen LogP) is 2.61. The largest absolute Gasteiger partial charge is 0.261 e. The van der Waals surface area contributed by atoms with Gasteiger partial charge in [-0.05, 0) is 24.2 Å². The Balaban J connectivity index is 2.12. The van der Waals surface area contributed by atoms with Crippen LogP contribution in [0.3, 0.4) is 0 Å². The van der Waals surface area contributed by atoms with E-state index in [2.05, 4.69) is 40.2 Å². The van der Waals surface area contributed by atoms with Crippen LogP contribution < -0.4 is 3.53 Å². The summed E-state index contributed by atoms with van der Waals surface area (Å²) in [5.74, 6) is 2.98. The zero-order valence-corrected chi connectivity index (χ0v) is 8.89. The van der Waals surface area contributed by atoms with Crippen LogP contribution in [0.5, 0.6) is 0 Å². The quantitative estimate of drug-likeness (QED) is 0.599.